The fraction of sp³-hybridized carbons (Fsp3) is 0.0800. The molecule has 0 amide bonds. The van der Waals surface area contributed by atoms with Gasteiger partial charge < -0.3 is 9.13 Å². The van der Waals surface area contributed by atoms with Gasteiger partial charge in [0.15, 0.2) is 0 Å². The van der Waals surface area contributed by atoms with E-state index in [0.29, 0.717) is 0 Å². The van der Waals surface area contributed by atoms with Crippen molar-refractivity contribution in [3.05, 3.63) is 180 Å². The smallest absolute Gasteiger partial charge is 0.0893 e. The Morgan fingerprint density at radius 1 is 0.315 bits per heavy atom. The summed E-state index contributed by atoms with van der Waals surface area (Å²) in [7, 11) is 0. The molecular formula is C50H38N4. The van der Waals surface area contributed by atoms with Crippen molar-refractivity contribution < 1.29 is 0 Å². The molecule has 0 aliphatic rings. The Hall–Kier alpha value is -6.78. The maximum atomic E-state index is 5.26. The Morgan fingerprint density at radius 3 is 1.13 bits per heavy atom. The number of fused-ring (bicyclic) bond motifs is 6. The van der Waals surface area contributed by atoms with Crippen molar-refractivity contribution in [2.45, 2.75) is 27.7 Å². The maximum Gasteiger partial charge on any atom is 0.0893 e. The van der Waals surface area contributed by atoms with Crippen LogP contribution >= 0.6 is 0 Å². The summed E-state index contributed by atoms with van der Waals surface area (Å²) in [5.74, 6) is 0. The van der Waals surface area contributed by atoms with Gasteiger partial charge in [-0.15, -0.1) is 0 Å². The quantitative estimate of drug-likeness (QED) is 0.180. The topological polar surface area (TPSA) is 35.6 Å². The van der Waals surface area contributed by atoms with Crippen LogP contribution in [0.5, 0.6) is 0 Å². The van der Waals surface area contributed by atoms with E-state index >= 15 is 0 Å². The van der Waals surface area contributed by atoms with E-state index in [1.165, 1.54) is 71.6 Å². The highest BCUT2D eigenvalue weighted by Gasteiger charge is 2.18. The first-order chi connectivity index (χ1) is 26.4. The zero-order valence-electron chi connectivity index (χ0n) is 30.8. The van der Waals surface area contributed by atoms with E-state index in [1.54, 1.807) is 0 Å². The Balaban J connectivity index is 1.05. The zero-order valence-corrected chi connectivity index (χ0v) is 30.8. The second-order valence-corrected chi connectivity index (χ2v) is 14.5. The number of aromatic nitrogens is 4. The third-order valence-electron chi connectivity index (χ3n) is 11.0. The van der Waals surface area contributed by atoms with Gasteiger partial charge in [0.2, 0.25) is 0 Å². The molecule has 10 aromatic rings. The molecule has 4 nitrogen and oxygen atoms in total. The summed E-state index contributed by atoms with van der Waals surface area (Å²) in [6.45, 7) is 8.77. The van der Waals surface area contributed by atoms with Crippen LogP contribution in [0, 0.1) is 27.7 Å². The molecule has 0 unspecified atom stereocenters. The number of nitrogens with zero attached hydrogens (tertiary/aromatic N) is 4. The first-order valence-electron chi connectivity index (χ1n) is 18.6. The van der Waals surface area contributed by atoms with Crippen LogP contribution in [0.3, 0.4) is 0 Å². The first kappa shape index (κ1) is 31.9. The van der Waals surface area contributed by atoms with Crippen molar-refractivity contribution in [2.75, 3.05) is 0 Å². The molecule has 0 fully saturated rings. The van der Waals surface area contributed by atoms with Crippen molar-refractivity contribution in [3.63, 3.8) is 0 Å². The summed E-state index contributed by atoms with van der Waals surface area (Å²) in [6, 6.07) is 56.4. The zero-order chi connectivity index (χ0) is 36.5. The van der Waals surface area contributed by atoms with Gasteiger partial charge in [-0.1, -0.05) is 91.0 Å². The van der Waals surface area contributed by atoms with E-state index in [4.69, 9.17) is 9.97 Å². The SMILES string of the molecule is Cc1cc(-n2c3ccccc3c3ccccc32)c(C)cc1-c1cccc(-c2cccc(-c3cc(-n4c5ccccc5c5ccccc54)c(C)cc3C)n2)n1. The minimum absolute atomic E-state index is 0.851. The maximum absolute atomic E-state index is 5.26. The highest BCUT2D eigenvalue weighted by molar-refractivity contribution is 6.10. The largest absolute Gasteiger partial charge is 0.309 e. The molecule has 0 N–H and O–H groups in total. The number of para-hydroxylation sites is 4. The number of aryl methyl sites for hydroxylation is 4. The Labute approximate surface area is 314 Å². The van der Waals surface area contributed by atoms with Crippen LogP contribution in [0.25, 0.3) is 88.9 Å². The van der Waals surface area contributed by atoms with Crippen LogP contribution in [0.15, 0.2) is 158 Å². The Kier molecular flexibility index (Phi) is 7.34. The molecule has 0 atom stereocenters. The lowest BCUT2D eigenvalue weighted by molar-refractivity contribution is 1.14. The summed E-state index contributed by atoms with van der Waals surface area (Å²) < 4.78 is 4.80. The third kappa shape index (κ3) is 4.98. The first-order valence-corrected chi connectivity index (χ1v) is 18.6. The molecule has 4 aromatic heterocycles. The van der Waals surface area contributed by atoms with Crippen molar-refractivity contribution in [2.24, 2.45) is 0 Å². The standard InChI is InChI=1S/C50H38N4/c1-31-27-33(3)50(54-47-25-11-7-17-37(47)38-18-8-12-26-48(38)54)30-40(31)42-20-14-22-44(52-42)43-21-13-19-41(51-43)39-28-34(4)49(29-32(39)2)53-45-23-9-5-15-35(45)36-16-6-10-24-46(36)53/h5-30H,1-4H3. The van der Waals surface area contributed by atoms with Crippen molar-refractivity contribution in [3.8, 4) is 45.3 Å². The number of rotatable bonds is 5. The number of pyridine rings is 2. The van der Waals surface area contributed by atoms with Crippen molar-refractivity contribution in [1.82, 2.24) is 19.1 Å². The van der Waals surface area contributed by atoms with Gasteiger partial charge in [0.1, 0.15) is 0 Å². The average molecular weight is 695 g/mol. The molecule has 4 heteroatoms. The van der Waals surface area contributed by atoms with Gasteiger partial charge in [0.05, 0.1) is 44.8 Å². The van der Waals surface area contributed by atoms with Gasteiger partial charge >= 0.3 is 0 Å². The second-order valence-electron chi connectivity index (χ2n) is 14.5. The second kappa shape index (κ2) is 12.4. The lowest BCUT2D eigenvalue weighted by Gasteiger charge is -2.16. The van der Waals surface area contributed by atoms with Crippen LogP contribution in [-0.4, -0.2) is 19.1 Å². The van der Waals surface area contributed by atoms with E-state index in [1.807, 2.05) is 0 Å². The van der Waals surface area contributed by atoms with Gasteiger partial charge in [-0.3, -0.25) is 0 Å². The van der Waals surface area contributed by atoms with Crippen molar-refractivity contribution in [1.29, 1.82) is 0 Å². The summed E-state index contributed by atoms with van der Waals surface area (Å²) in [6.07, 6.45) is 0. The van der Waals surface area contributed by atoms with E-state index in [-0.39, 0.29) is 0 Å². The van der Waals surface area contributed by atoms with Gasteiger partial charge in [-0.2, -0.15) is 0 Å². The molecule has 0 spiro atoms. The molecule has 258 valence electrons. The summed E-state index contributed by atoms with van der Waals surface area (Å²) in [5.41, 5.74) is 17.8. The summed E-state index contributed by atoms with van der Waals surface area (Å²) in [4.78, 5) is 10.5. The fourth-order valence-electron chi connectivity index (χ4n) is 8.49. The average Bonchev–Trinajstić information content (AvgIpc) is 3.72. The Morgan fingerprint density at radius 2 is 0.667 bits per heavy atom. The van der Waals surface area contributed by atoms with Gasteiger partial charge in [-0.25, -0.2) is 9.97 Å². The van der Waals surface area contributed by atoms with Gasteiger partial charge in [-0.05, 0) is 117 Å². The molecule has 10 rings (SSSR count). The molecule has 54 heavy (non-hydrogen) atoms. The Bertz CT molecular complexity index is 3000. The van der Waals surface area contributed by atoms with Gasteiger partial charge in [0.25, 0.3) is 0 Å². The number of benzene rings is 6. The predicted molar refractivity (Wildman–Crippen MR) is 226 cm³/mol. The predicted octanol–water partition coefficient (Wildman–Crippen LogP) is 12.9. The van der Waals surface area contributed by atoms with Crippen LogP contribution < -0.4 is 0 Å². The molecular weight excluding hydrogens is 657 g/mol. The summed E-state index contributed by atoms with van der Waals surface area (Å²) >= 11 is 0. The molecule has 0 bridgehead atoms. The van der Waals surface area contributed by atoms with Crippen LogP contribution in [0.4, 0.5) is 0 Å². The molecule has 0 aliphatic heterocycles. The van der Waals surface area contributed by atoms with E-state index < -0.39 is 0 Å². The number of hydrogen-bond donors (Lipinski definition) is 0. The molecule has 6 aromatic carbocycles. The van der Waals surface area contributed by atoms with E-state index in [9.17, 15) is 0 Å². The van der Waals surface area contributed by atoms with Crippen molar-refractivity contribution >= 4 is 43.6 Å². The van der Waals surface area contributed by atoms with Gasteiger partial charge in [0, 0.05) is 44.0 Å². The number of hydrogen-bond acceptors (Lipinski definition) is 2. The lowest BCUT2D eigenvalue weighted by Crippen LogP contribution is -2.01. The molecule has 0 saturated carbocycles. The molecule has 0 aliphatic carbocycles. The molecule has 0 saturated heterocycles. The monoisotopic (exact) mass is 694 g/mol. The highest BCUT2D eigenvalue weighted by atomic mass is 15.0. The highest BCUT2D eigenvalue weighted by Crippen LogP contribution is 2.38. The van der Waals surface area contributed by atoms with Crippen LogP contribution in [0.1, 0.15) is 22.3 Å². The van der Waals surface area contributed by atoms with Crippen LogP contribution in [0.2, 0.25) is 0 Å². The molecule has 0 radical (unpaired) electrons. The third-order valence-corrected chi connectivity index (χ3v) is 11.0. The van der Waals surface area contributed by atoms with E-state index in [0.717, 1.165) is 39.6 Å². The summed E-state index contributed by atoms with van der Waals surface area (Å²) in [5, 5.41) is 5.05. The normalized spacial score (nSPS) is 11.7. The minimum atomic E-state index is 0.851. The minimum Gasteiger partial charge on any atom is -0.309 e. The van der Waals surface area contributed by atoms with Crippen LogP contribution in [-0.2, 0) is 0 Å². The van der Waals surface area contributed by atoms with E-state index in [2.05, 4.69) is 195 Å². The lowest BCUT2D eigenvalue weighted by atomic mass is 9.99. The fourth-order valence-corrected chi connectivity index (χ4v) is 8.49. The molecule has 4 heterocycles.